The largest absolute Gasteiger partial charge is 0.686 e. The van der Waals surface area contributed by atoms with E-state index >= 15 is 0 Å². The second-order valence-corrected chi connectivity index (χ2v) is 6.05. The van der Waals surface area contributed by atoms with E-state index in [9.17, 15) is 0 Å². The molecule has 3 rings (SSSR count). The van der Waals surface area contributed by atoms with E-state index in [2.05, 4.69) is 66.9 Å². The fourth-order valence-corrected chi connectivity index (χ4v) is 3.05. The van der Waals surface area contributed by atoms with Gasteiger partial charge in [-0.2, -0.15) is 5.70 Å². The van der Waals surface area contributed by atoms with Crippen LogP contribution in [0.25, 0.3) is 21.7 Å². The summed E-state index contributed by atoms with van der Waals surface area (Å²) in [5.41, 5.74) is 4.46. The van der Waals surface area contributed by atoms with Crippen molar-refractivity contribution in [2.75, 3.05) is 32.8 Å². The Balaban J connectivity index is 2.01. The lowest BCUT2D eigenvalue weighted by Gasteiger charge is -2.27. The van der Waals surface area contributed by atoms with Gasteiger partial charge in [0.25, 0.3) is 0 Å². The van der Waals surface area contributed by atoms with Gasteiger partial charge in [0, 0.05) is 18.9 Å². The molecule has 1 aliphatic heterocycles. The summed E-state index contributed by atoms with van der Waals surface area (Å²) in [4.78, 5) is 4.75. The number of aliphatic imine (C=N–C) groups is 1. The first kappa shape index (κ1) is 16.7. The van der Waals surface area contributed by atoms with Crippen LogP contribution in [-0.2, 0) is 0 Å². The quantitative estimate of drug-likeness (QED) is 0.844. The number of fused-ring (bicyclic) bond motifs is 1. The summed E-state index contributed by atoms with van der Waals surface area (Å²) in [7, 11) is 0. The van der Waals surface area contributed by atoms with Gasteiger partial charge in [-0.25, -0.2) is 0 Å². The molecule has 126 valence electrons. The molecule has 1 aliphatic rings. The summed E-state index contributed by atoms with van der Waals surface area (Å²) in [5, 5.41) is 13.9. The molecule has 0 amide bonds. The van der Waals surface area contributed by atoms with Crippen molar-refractivity contribution in [3.63, 3.8) is 0 Å². The van der Waals surface area contributed by atoms with Gasteiger partial charge in [-0.05, 0) is 41.4 Å². The minimum atomic E-state index is 0.776. The molecule has 4 heteroatoms. The van der Waals surface area contributed by atoms with Crippen LogP contribution in [0.5, 0.6) is 0 Å². The summed E-state index contributed by atoms with van der Waals surface area (Å²) in [5.74, 6) is 0. The van der Waals surface area contributed by atoms with Crippen LogP contribution in [0.3, 0.4) is 0 Å². The number of hydrogen-bond acceptors (Lipinski definition) is 3. The molecule has 24 heavy (non-hydrogen) atoms. The van der Waals surface area contributed by atoms with Gasteiger partial charge in [0.15, 0.2) is 0 Å². The molecule has 1 heterocycles. The molecule has 0 bridgehead atoms. The Kier molecular flexibility index (Phi) is 5.62. The standard InChI is InChI=1S/C20H25N4/c1-15-20(16(2)24-12-10-22-14-21-9-11-23-15)19-8-7-17-5-3-4-6-18(17)13-19/h3-8,13,21-22H,9-12,14H2,1-2H3/q-1/b20-15+,24-16?. The van der Waals surface area contributed by atoms with Gasteiger partial charge < -0.3 is 16.0 Å². The Morgan fingerprint density at radius 2 is 1.75 bits per heavy atom. The number of rotatable bonds is 1. The molecule has 0 fully saturated rings. The average Bonchev–Trinajstić information content (AvgIpc) is 2.59. The van der Waals surface area contributed by atoms with Crippen molar-refractivity contribution in [3.05, 3.63) is 59.0 Å². The lowest BCUT2D eigenvalue weighted by Crippen LogP contribution is -2.32. The average molecular weight is 321 g/mol. The third kappa shape index (κ3) is 4.02. The molecule has 4 nitrogen and oxygen atoms in total. The Morgan fingerprint density at radius 1 is 0.958 bits per heavy atom. The zero-order valence-electron chi connectivity index (χ0n) is 14.5. The van der Waals surface area contributed by atoms with E-state index in [1.807, 2.05) is 0 Å². The molecule has 0 aromatic heterocycles. The maximum atomic E-state index is 4.75. The molecule has 0 aliphatic carbocycles. The first-order chi connectivity index (χ1) is 11.8. The summed E-state index contributed by atoms with van der Waals surface area (Å²) in [6.45, 7) is 8.30. The fourth-order valence-electron chi connectivity index (χ4n) is 3.05. The van der Waals surface area contributed by atoms with Crippen molar-refractivity contribution >= 4 is 22.1 Å². The Labute approximate surface area is 144 Å². The normalized spacial score (nSPS) is 20.7. The second-order valence-electron chi connectivity index (χ2n) is 6.05. The highest BCUT2D eigenvalue weighted by atomic mass is 15.1. The lowest BCUT2D eigenvalue weighted by molar-refractivity contribution is 0.598. The lowest BCUT2D eigenvalue weighted by atomic mass is 9.97. The highest BCUT2D eigenvalue weighted by Crippen LogP contribution is 2.27. The van der Waals surface area contributed by atoms with E-state index in [1.165, 1.54) is 16.3 Å². The van der Waals surface area contributed by atoms with Crippen LogP contribution in [0.15, 0.2) is 53.2 Å². The Bertz CT molecular complexity index is 761. The van der Waals surface area contributed by atoms with Gasteiger partial charge in [-0.1, -0.05) is 43.3 Å². The molecule has 2 aromatic carbocycles. The van der Waals surface area contributed by atoms with E-state index in [0.29, 0.717) is 0 Å². The van der Waals surface area contributed by atoms with Crippen molar-refractivity contribution in [2.24, 2.45) is 4.99 Å². The van der Waals surface area contributed by atoms with Gasteiger partial charge in [0.2, 0.25) is 0 Å². The molecule has 0 saturated carbocycles. The molecule has 0 atom stereocenters. The SMILES string of the molecule is CC1=NCCNCNCC[N-]/C(C)=C\1c1ccc2ccccc2c1. The first-order valence-corrected chi connectivity index (χ1v) is 8.56. The third-order valence-electron chi connectivity index (χ3n) is 4.29. The van der Waals surface area contributed by atoms with Crippen LogP contribution in [0.2, 0.25) is 0 Å². The molecule has 2 N–H and O–H groups in total. The summed E-state index contributed by atoms with van der Waals surface area (Å²) < 4.78 is 0. The second kappa shape index (κ2) is 8.08. The molecule has 0 saturated heterocycles. The zero-order valence-corrected chi connectivity index (χ0v) is 14.5. The molecule has 0 spiro atoms. The van der Waals surface area contributed by atoms with E-state index in [4.69, 9.17) is 10.3 Å². The van der Waals surface area contributed by atoms with Crippen molar-refractivity contribution in [2.45, 2.75) is 13.8 Å². The Morgan fingerprint density at radius 3 is 2.62 bits per heavy atom. The number of allylic oxidation sites excluding steroid dienone is 2. The summed E-state index contributed by atoms with van der Waals surface area (Å²) in [6.07, 6.45) is 0. The molecular formula is C20H25N4-. The molecule has 0 unspecified atom stereocenters. The number of benzene rings is 2. The monoisotopic (exact) mass is 321 g/mol. The smallest absolute Gasteiger partial charge is 0.0518 e. The first-order valence-electron chi connectivity index (χ1n) is 8.56. The van der Waals surface area contributed by atoms with Crippen LogP contribution in [0.1, 0.15) is 19.4 Å². The van der Waals surface area contributed by atoms with E-state index in [-0.39, 0.29) is 0 Å². The van der Waals surface area contributed by atoms with Gasteiger partial charge >= 0.3 is 0 Å². The number of nitrogens with zero attached hydrogens (tertiary/aromatic N) is 2. The van der Waals surface area contributed by atoms with Gasteiger partial charge in [0.05, 0.1) is 6.54 Å². The van der Waals surface area contributed by atoms with Gasteiger partial charge in [-0.15, -0.1) is 6.54 Å². The van der Waals surface area contributed by atoms with Crippen molar-refractivity contribution in [3.8, 4) is 0 Å². The third-order valence-corrected chi connectivity index (χ3v) is 4.29. The molecular weight excluding hydrogens is 296 g/mol. The predicted octanol–water partition coefficient (Wildman–Crippen LogP) is 3.56. The number of nitrogens with one attached hydrogen (secondary N) is 2. The maximum absolute atomic E-state index is 4.75. The van der Waals surface area contributed by atoms with Crippen molar-refractivity contribution in [1.82, 2.24) is 10.6 Å². The van der Waals surface area contributed by atoms with Gasteiger partial charge in [-0.3, -0.25) is 4.99 Å². The fraction of sp³-hybridized carbons (Fsp3) is 0.350. The van der Waals surface area contributed by atoms with Crippen LogP contribution in [-0.4, -0.2) is 38.6 Å². The highest BCUT2D eigenvalue weighted by molar-refractivity contribution is 6.24. The van der Waals surface area contributed by atoms with E-state index in [0.717, 1.165) is 49.8 Å². The minimum Gasteiger partial charge on any atom is -0.686 e. The van der Waals surface area contributed by atoms with Crippen LogP contribution in [0.4, 0.5) is 0 Å². The minimum absolute atomic E-state index is 0.776. The predicted molar refractivity (Wildman–Crippen MR) is 104 cm³/mol. The van der Waals surface area contributed by atoms with E-state index in [1.54, 1.807) is 0 Å². The van der Waals surface area contributed by atoms with E-state index < -0.39 is 0 Å². The van der Waals surface area contributed by atoms with Crippen LogP contribution in [0, 0.1) is 0 Å². The van der Waals surface area contributed by atoms with Crippen LogP contribution >= 0.6 is 0 Å². The van der Waals surface area contributed by atoms with Crippen molar-refractivity contribution < 1.29 is 0 Å². The summed E-state index contributed by atoms with van der Waals surface area (Å²) >= 11 is 0. The topological polar surface area (TPSA) is 50.5 Å². The maximum Gasteiger partial charge on any atom is 0.0518 e. The van der Waals surface area contributed by atoms with Gasteiger partial charge in [0.1, 0.15) is 0 Å². The summed E-state index contributed by atoms with van der Waals surface area (Å²) in [6, 6.07) is 15.0. The van der Waals surface area contributed by atoms with Crippen molar-refractivity contribution in [1.29, 1.82) is 0 Å². The number of hydrogen-bond donors (Lipinski definition) is 2. The molecule has 2 aromatic rings. The molecule has 0 radical (unpaired) electrons. The Hall–Kier alpha value is -2.17. The highest BCUT2D eigenvalue weighted by Gasteiger charge is 2.07. The zero-order chi connectivity index (χ0) is 16.8. The van der Waals surface area contributed by atoms with Crippen LogP contribution < -0.4 is 10.6 Å².